The molecule has 3 nitrogen and oxygen atoms in total. The molecule has 78 valence electrons. The van der Waals surface area contributed by atoms with Gasteiger partial charge in [0, 0.05) is 8.96 Å². The van der Waals surface area contributed by atoms with Crippen molar-refractivity contribution in [2.75, 3.05) is 0 Å². The summed E-state index contributed by atoms with van der Waals surface area (Å²) >= 11 is 1.85. The molecule has 0 aliphatic rings. The van der Waals surface area contributed by atoms with Gasteiger partial charge in [0.25, 0.3) is 0 Å². The quantitative estimate of drug-likeness (QED) is 0.388. The molecule has 2 aromatic rings. The Labute approximate surface area is 129 Å². The zero-order valence-electron chi connectivity index (χ0n) is 8.48. The van der Waals surface area contributed by atoms with Crippen molar-refractivity contribution in [3.63, 3.8) is 0 Å². The largest absolute Gasteiger partial charge is 1.00 e. The fourth-order valence-electron chi connectivity index (χ4n) is 1.47. The first-order valence-corrected chi connectivity index (χ1v) is 6.62. The Balaban J connectivity index is 0.00000128. The fraction of sp³-hybridized carbons (Fsp3) is 0. The Bertz CT molecular complexity index is 625. The third-order valence-electron chi connectivity index (χ3n) is 2.08. The third kappa shape index (κ3) is 2.77. The van der Waals surface area contributed by atoms with Crippen LogP contribution in [0.15, 0.2) is 41.3 Å². The van der Waals surface area contributed by atoms with Crippen LogP contribution in [0.5, 0.6) is 0 Å². The van der Waals surface area contributed by atoms with E-state index in [1.165, 1.54) is 0 Å². The van der Waals surface area contributed by atoms with Crippen LogP contribution in [0, 0.1) is 3.57 Å². The summed E-state index contributed by atoms with van der Waals surface area (Å²) in [4.78, 5) is -0.124. The van der Waals surface area contributed by atoms with Crippen LogP contribution < -0.4 is 29.6 Å². The SMILES string of the molecule is O=S(=O)([O-])c1c(I)ccc2ccccc12.[Na+]. The molecule has 16 heavy (non-hydrogen) atoms. The van der Waals surface area contributed by atoms with E-state index < -0.39 is 10.1 Å². The predicted molar refractivity (Wildman–Crippen MR) is 64.6 cm³/mol. The Hall–Kier alpha value is 0.340. The van der Waals surface area contributed by atoms with Gasteiger partial charge < -0.3 is 4.55 Å². The molecule has 0 aliphatic carbocycles. The number of halogens is 1. The number of rotatable bonds is 1. The normalized spacial score (nSPS) is 11.1. The van der Waals surface area contributed by atoms with Crippen molar-refractivity contribution >= 4 is 43.5 Å². The molecule has 0 bridgehead atoms. The minimum atomic E-state index is -4.42. The molecule has 0 heterocycles. The number of hydrogen-bond acceptors (Lipinski definition) is 3. The summed E-state index contributed by atoms with van der Waals surface area (Å²) in [5, 5.41) is 1.24. The van der Waals surface area contributed by atoms with Crippen LogP contribution in [0.2, 0.25) is 0 Å². The van der Waals surface area contributed by atoms with Crippen LogP contribution in [0.25, 0.3) is 10.8 Å². The Morgan fingerprint density at radius 2 is 1.69 bits per heavy atom. The van der Waals surface area contributed by atoms with Crippen LogP contribution in [0.1, 0.15) is 0 Å². The first-order chi connectivity index (χ1) is 7.00. The second-order valence-corrected chi connectivity index (χ2v) is 5.53. The minimum Gasteiger partial charge on any atom is -0.744 e. The van der Waals surface area contributed by atoms with Crippen LogP contribution in [-0.4, -0.2) is 13.0 Å². The van der Waals surface area contributed by atoms with E-state index in [0.717, 1.165) is 5.39 Å². The standard InChI is InChI=1S/C10H7IO3S.Na/c11-9-6-5-7-3-1-2-4-8(7)10(9)15(12,13)14;/h1-6H,(H,12,13,14);/q;+1/p-1. The smallest absolute Gasteiger partial charge is 0.744 e. The minimum absolute atomic E-state index is 0. The summed E-state index contributed by atoms with van der Waals surface area (Å²) in [5.74, 6) is 0. The molecule has 0 saturated heterocycles. The molecule has 0 spiro atoms. The second-order valence-electron chi connectivity index (χ2n) is 3.05. The molecule has 0 aromatic heterocycles. The van der Waals surface area contributed by atoms with Gasteiger partial charge in [-0.1, -0.05) is 30.3 Å². The van der Waals surface area contributed by atoms with E-state index in [-0.39, 0.29) is 34.5 Å². The van der Waals surface area contributed by atoms with Gasteiger partial charge in [-0.15, -0.1) is 0 Å². The van der Waals surface area contributed by atoms with Gasteiger partial charge >= 0.3 is 29.6 Å². The zero-order valence-corrected chi connectivity index (χ0v) is 13.4. The molecule has 0 saturated carbocycles. The maximum absolute atomic E-state index is 11.1. The van der Waals surface area contributed by atoms with E-state index in [4.69, 9.17) is 0 Å². The molecule has 0 fully saturated rings. The summed E-state index contributed by atoms with van der Waals surface area (Å²) in [7, 11) is -4.42. The van der Waals surface area contributed by atoms with Crippen molar-refractivity contribution in [3.05, 3.63) is 40.0 Å². The molecular formula is C10H6INaO3S. The number of fused-ring (bicyclic) bond motifs is 1. The van der Waals surface area contributed by atoms with Crippen LogP contribution in [0.4, 0.5) is 0 Å². The summed E-state index contributed by atoms with van der Waals surface area (Å²) in [6, 6.07) is 10.4. The monoisotopic (exact) mass is 356 g/mol. The fourth-order valence-corrected chi connectivity index (χ4v) is 3.51. The van der Waals surface area contributed by atoms with Gasteiger partial charge in [0.15, 0.2) is 0 Å². The van der Waals surface area contributed by atoms with Crippen molar-refractivity contribution in [2.45, 2.75) is 4.90 Å². The van der Waals surface area contributed by atoms with Gasteiger partial charge in [0.2, 0.25) is 0 Å². The van der Waals surface area contributed by atoms with Crippen LogP contribution >= 0.6 is 22.6 Å². The van der Waals surface area contributed by atoms with E-state index >= 15 is 0 Å². The van der Waals surface area contributed by atoms with E-state index in [1.807, 2.05) is 22.6 Å². The van der Waals surface area contributed by atoms with Crippen molar-refractivity contribution in [1.82, 2.24) is 0 Å². The molecule has 0 N–H and O–H groups in total. The molecule has 2 rings (SSSR count). The average molecular weight is 356 g/mol. The molecule has 0 atom stereocenters. The second kappa shape index (κ2) is 5.32. The van der Waals surface area contributed by atoms with Gasteiger partial charge in [0.05, 0.1) is 4.90 Å². The molecule has 0 aliphatic heterocycles. The summed E-state index contributed by atoms with van der Waals surface area (Å²) in [5.41, 5.74) is 0. The van der Waals surface area contributed by atoms with E-state index in [2.05, 4.69) is 0 Å². The van der Waals surface area contributed by atoms with Gasteiger partial charge in [0.1, 0.15) is 10.1 Å². The molecule has 6 heteroatoms. The Kier molecular flexibility index (Phi) is 4.79. The Morgan fingerprint density at radius 1 is 1.06 bits per heavy atom. The van der Waals surface area contributed by atoms with Crippen molar-refractivity contribution in [1.29, 1.82) is 0 Å². The summed E-state index contributed by atoms with van der Waals surface area (Å²) < 4.78 is 33.8. The van der Waals surface area contributed by atoms with Gasteiger partial charge in [-0.2, -0.15) is 0 Å². The van der Waals surface area contributed by atoms with E-state index in [0.29, 0.717) is 8.96 Å². The molecule has 2 aromatic carbocycles. The summed E-state index contributed by atoms with van der Waals surface area (Å²) in [6.45, 7) is 0. The van der Waals surface area contributed by atoms with Gasteiger partial charge in [-0.3, -0.25) is 0 Å². The molecule has 0 radical (unpaired) electrons. The molecule has 0 unspecified atom stereocenters. The van der Waals surface area contributed by atoms with Crippen LogP contribution in [0.3, 0.4) is 0 Å². The maximum Gasteiger partial charge on any atom is 1.00 e. The zero-order chi connectivity index (χ0) is 11.1. The van der Waals surface area contributed by atoms with Gasteiger partial charge in [-0.25, -0.2) is 8.42 Å². The van der Waals surface area contributed by atoms with E-state index in [1.54, 1.807) is 36.4 Å². The Morgan fingerprint density at radius 3 is 2.31 bits per heavy atom. The number of hydrogen-bond donors (Lipinski definition) is 0. The predicted octanol–water partition coefficient (Wildman–Crippen LogP) is -0.647. The number of benzene rings is 2. The van der Waals surface area contributed by atoms with Gasteiger partial charge in [-0.05, 0) is 34.0 Å². The molecule has 0 amide bonds. The first kappa shape index (κ1) is 14.4. The summed E-state index contributed by atoms with van der Waals surface area (Å²) in [6.07, 6.45) is 0. The van der Waals surface area contributed by atoms with Crippen molar-refractivity contribution < 1.29 is 42.5 Å². The van der Waals surface area contributed by atoms with Crippen molar-refractivity contribution in [3.8, 4) is 0 Å². The average Bonchev–Trinajstić information content (AvgIpc) is 2.15. The first-order valence-electron chi connectivity index (χ1n) is 4.13. The maximum atomic E-state index is 11.1. The third-order valence-corrected chi connectivity index (χ3v) is 4.29. The van der Waals surface area contributed by atoms with E-state index in [9.17, 15) is 13.0 Å². The van der Waals surface area contributed by atoms with Crippen molar-refractivity contribution in [2.24, 2.45) is 0 Å². The molecular weight excluding hydrogens is 350 g/mol. The van der Waals surface area contributed by atoms with Crippen LogP contribution in [-0.2, 0) is 10.1 Å². The topological polar surface area (TPSA) is 57.2 Å².